The van der Waals surface area contributed by atoms with Gasteiger partial charge in [0.15, 0.2) is 0 Å². The number of hydrogen-bond acceptors (Lipinski definition) is 1. The Kier molecular flexibility index (Phi) is 3.62. The highest BCUT2D eigenvalue weighted by molar-refractivity contribution is 6.09. The van der Waals surface area contributed by atoms with Crippen molar-refractivity contribution in [2.24, 2.45) is 0 Å². The molecule has 0 aliphatic heterocycles. The minimum atomic E-state index is 1.02. The van der Waals surface area contributed by atoms with Crippen molar-refractivity contribution in [3.63, 3.8) is 0 Å². The molecule has 0 spiro atoms. The predicted molar refractivity (Wildman–Crippen MR) is 104 cm³/mol. The lowest BCUT2D eigenvalue weighted by atomic mass is 10.0. The van der Waals surface area contributed by atoms with Crippen LogP contribution < -0.4 is 0 Å². The number of aromatic nitrogens is 1. The molecular formula is C23H19N. The number of fused-ring (bicyclic) bond motifs is 3. The van der Waals surface area contributed by atoms with E-state index in [4.69, 9.17) is 4.98 Å². The second-order valence-corrected chi connectivity index (χ2v) is 6.31. The zero-order valence-electron chi connectivity index (χ0n) is 14.0. The van der Waals surface area contributed by atoms with Gasteiger partial charge in [0.1, 0.15) is 0 Å². The topological polar surface area (TPSA) is 12.9 Å². The lowest BCUT2D eigenvalue weighted by Gasteiger charge is -2.09. The molecule has 0 saturated heterocycles. The lowest BCUT2D eigenvalue weighted by Crippen LogP contribution is -1.90. The summed E-state index contributed by atoms with van der Waals surface area (Å²) in [6.45, 7) is 4.24. The van der Waals surface area contributed by atoms with Crippen molar-refractivity contribution in [1.82, 2.24) is 4.98 Å². The Bertz CT molecular complexity index is 1060. The van der Waals surface area contributed by atoms with E-state index < -0.39 is 0 Å². The highest BCUT2D eigenvalue weighted by Crippen LogP contribution is 2.29. The first-order chi connectivity index (χ1) is 11.7. The van der Waals surface area contributed by atoms with Crippen molar-refractivity contribution in [3.05, 3.63) is 89.1 Å². The molecule has 3 aromatic carbocycles. The van der Waals surface area contributed by atoms with Gasteiger partial charge < -0.3 is 0 Å². The van der Waals surface area contributed by atoms with E-state index in [0.717, 1.165) is 11.2 Å². The van der Waals surface area contributed by atoms with Crippen LogP contribution in [0.5, 0.6) is 0 Å². The number of aryl methyl sites for hydroxylation is 2. The summed E-state index contributed by atoms with van der Waals surface area (Å²) in [6.07, 6.45) is 4.25. The first-order valence-electron chi connectivity index (χ1n) is 8.24. The Labute approximate surface area is 142 Å². The van der Waals surface area contributed by atoms with Gasteiger partial charge in [0, 0.05) is 10.8 Å². The van der Waals surface area contributed by atoms with Crippen molar-refractivity contribution in [2.75, 3.05) is 0 Å². The summed E-state index contributed by atoms with van der Waals surface area (Å²) < 4.78 is 0. The minimum absolute atomic E-state index is 1.02. The molecule has 1 heterocycles. The molecule has 0 atom stereocenters. The van der Waals surface area contributed by atoms with Gasteiger partial charge in [-0.3, -0.25) is 0 Å². The van der Waals surface area contributed by atoms with Crippen LogP contribution in [-0.4, -0.2) is 4.98 Å². The molecule has 0 amide bonds. The molecule has 0 saturated carbocycles. The molecule has 116 valence electrons. The van der Waals surface area contributed by atoms with E-state index in [1.54, 1.807) is 0 Å². The summed E-state index contributed by atoms with van der Waals surface area (Å²) in [5, 5.41) is 3.68. The van der Waals surface area contributed by atoms with E-state index in [2.05, 4.69) is 86.7 Å². The summed E-state index contributed by atoms with van der Waals surface area (Å²) in [5.74, 6) is 0. The smallest absolute Gasteiger partial charge is 0.0718 e. The van der Waals surface area contributed by atoms with Crippen LogP contribution in [-0.2, 0) is 0 Å². The second-order valence-electron chi connectivity index (χ2n) is 6.31. The largest absolute Gasteiger partial charge is 0.248 e. The third-order valence-corrected chi connectivity index (χ3v) is 4.37. The van der Waals surface area contributed by atoms with Crippen LogP contribution in [0.1, 0.15) is 22.4 Å². The Morgan fingerprint density at radius 1 is 0.667 bits per heavy atom. The maximum absolute atomic E-state index is 4.93. The fourth-order valence-corrected chi connectivity index (χ4v) is 3.12. The van der Waals surface area contributed by atoms with Gasteiger partial charge in [-0.1, -0.05) is 66.2 Å². The molecule has 0 fully saturated rings. The molecular weight excluding hydrogens is 290 g/mol. The van der Waals surface area contributed by atoms with E-state index in [1.165, 1.54) is 32.8 Å². The molecule has 0 unspecified atom stereocenters. The number of pyridine rings is 1. The van der Waals surface area contributed by atoms with E-state index in [9.17, 15) is 0 Å². The number of hydrogen-bond donors (Lipinski definition) is 0. The Morgan fingerprint density at radius 3 is 2.17 bits per heavy atom. The maximum Gasteiger partial charge on any atom is 0.0718 e. The lowest BCUT2D eigenvalue weighted by molar-refractivity contribution is 1.38. The van der Waals surface area contributed by atoms with Gasteiger partial charge in [-0.15, -0.1) is 0 Å². The van der Waals surface area contributed by atoms with Gasteiger partial charge in [0.25, 0.3) is 0 Å². The Morgan fingerprint density at radius 2 is 1.38 bits per heavy atom. The van der Waals surface area contributed by atoms with E-state index in [1.807, 2.05) is 6.07 Å². The normalized spacial score (nSPS) is 11.6. The molecule has 0 N–H and O–H groups in total. The van der Waals surface area contributed by atoms with Crippen molar-refractivity contribution >= 4 is 33.8 Å². The predicted octanol–water partition coefficient (Wildman–Crippen LogP) is 6.18. The monoisotopic (exact) mass is 309 g/mol. The highest BCUT2D eigenvalue weighted by Gasteiger charge is 2.07. The van der Waals surface area contributed by atoms with E-state index in [-0.39, 0.29) is 0 Å². The van der Waals surface area contributed by atoms with Crippen molar-refractivity contribution in [1.29, 1.82) is 0 Å². The van der Waals surface area contributed by atoms with Crippen LogP contribution >= 0.6 is 0 Å². The molecule has 4 aromatic rings. The molecule has 0 aliphatic carbocycles. The first kappa shape index (κ1) is 14.6. The van der Waals surface area contributed by atoms with Crippen LogP contribution in [0.25, 0.3) is 33.8 Å². The summed E-state index contributed by atoms with van der Waals surface area (Å²) in [5.41, 5.74) is 5.75. The summed E-state index contributed by atoms with van der Waals surface area (Å²) in [6, 6.07) is 23.5. The van der Waals surface area contributed by atoms with Gasteiger partial charge in [-0.05, 0) is 48.6 Å². The molecule has 1 nitrogen and oxygen atoms in total. The van der Waals surface area contributed by atoms with Crippen LogP contribution in [0, 0.1) is 13.8 Å². The van der Waals surface area contributed by atoms with Crippen LogP contribution in [0.4, 0.5) is 0 Å². The van der Waals surface area contributed by atoms with E-state index >= 15 is 0 Å². The van der Waals surface area contributed by atoms with Crippen LogP contribution in [0.15, 0.2) is 66.7 Å². The number of benzene rings is 3. The van der Waals surface area contributed by atoms with Crippen molar-refractivity contribution in [2.45, 2.75) is 13.8 Å². The molecule has 24 heavy (non-hydrogen) atoms. The maximum atomic E-state index is 4.93. The van der Waals surface area contributed by atoms with Crippen molar-refractivity contribution in [3.8, 4) is 0 Å². The van der Waals surface area contributed by atoms with E-state index in [0.29, 0.717) is 0 Å². The molecule has 0 bridgehead atoms. The Hall–Kier alpha value is -2.93. The summed E-state index contributed by atoms with van der Waals surface area (Å²) in [4.78, 5) is 4.93. The third-order valence-electron chi connectivity index (χ3n) is 4.37. The molecule has 0 aliphatic rings. The van der Waals surface area contributed by atoms with Crippen LogP contribution in [0.3, 0.4) is 0 Å². The highest BCUT2D eigenvalue weighted by atomic mass is 14.7. The molecule has 1 aromatic heterocycles. The van der Waals surface area contributed by atoms with Gasteiger partial charge in [0.05, 0.1) is 11.2 Å². The first-order valence-corrected chi connectivity index (χ1v) is 8.24. The quantitative estimate of drug-likeness (QED) is 0.403. The second kappa shape index (κ2) is 5.93. The SMILES string of the molecule is Cc1ccc2c(c1)nc(/C=C/c1ccccc1)c1cc(C)ccc12. The van der Waals surface area contributed by atoms with Gasteiger partial charge >= 0.3 is 0 Å². The number of rotatable bonds is 2. The summed E-state index contributed by atoms with van der Waals surface area (Å²) >= 11 is 0. The Balaban J connectivity index is 1.98. The molecule has 0 radical (unpaired) electrons. The van der Waals surface area contributed by atoms with Gasteiger partial charge in [0.2, 0.25) is 0 Å². The third kappa shape index (κ3) is 2.69. The van der Waals surface area contributed by atoms with Crippen LogP contribution in [0.2, 0.25) is 0 Å². The number of nitrogens with zero attached hydrogens (tertiary/aromatic N) is 1. The minimum Gasteiger partial charge on any atom is -0.248 e. The fourth-order valence-electron chi connectivity index (χ4n) is 3.12. The zero-order chi connectivity index (χ0) is 16.5. The van der Waals surface area contributed by atoms with Crippen molar-refractivity contribution < 1.29 is 0 Å². The van der Waals surface area contributed by atoms with Gasteiger partial charge in [-0.2, -0.15) is 0 Å². The molecule has 4 rings (SSSR count). The zero-order valence-corrected chi connectivity index (χ0v) is 14.0. The average molecular weight is 309 g/mol. The fraction of sp³-hybridized carbons (Fsp3) is 0.0870. The molecule has 1 heteroatoms. The van der Waals surface area contributed by atoms with Gasteiger partial charge in [-0.25, -0.2) is 4.98 Å². The standard InChI is InChI=1S/C23H19N/c1-16-8-11-19-20-12-9-17(2)15-23(20)24-22(21(19)14-16)13-10-18-6-4-3-5-7-18/h3-15H,1-2H3/b13-10+. The summed E-state index contributed by atoms with van der Waals surface area (Å²) in [7, 11) is 0. The average Bonchev–Trinajstić information content (AvgIpc) is 2.60.